The number of urea groups is 1. The van der Waals surface area contributed by atoms with Crippen LogP contribution in [-0.2, 0) is 6.42 Å². The first-order valence-electron chi connectivity index (χ1n) is 5.75. The van der Waals surface area contributed by atoms with Crippen molar-refractivity contribution in [1.82, 2.24) is 10.3 Å². The van der Waals surface area contributed by atoms with E-state index in [9.17, 15) is 4.79 Å². The maximum Gasteiger partial charge on any atom is 0.321 e. The lowest BCUT2D eigenvalue weighted by molar-refractivity contribution is 0.252. The Morgan fingerprint density at radius 3 is 2.78 bits per heavy atom. The van der Waals surface area contributed by atoms with Gasteiger partial charge in [-0.2, -0.15) is 0 Å². The lowest BCUT2D eigenvalue weighted by Crippen LogP contribution is -2.30. The molecule has 2 rings (SSSR count). The summed E-state index contributed by atoms with van der Waals surface area (Å²) in [5.74, 6) is 0. The number of carbonyl (C=O) groups is 1. The lowest BCUT2D eigenvalue weighted by Gasteiger charge is -2.05. The molecule has 5 heteroatoms. The molecule has 0 saturated carbocycles. The Labute approximate surface area is 110 Å². The van der Waals surface area contributed by atoms with Gasteiger partial charge in [0.1, 0.15) is 0 Å². The number of amides is 2. The number of hydrogen-bond acceptors (Lipinski definition) is 3. The van der Waals surface area contributed by atoms with Crippen LogP contribution in [0, 0.1) is 6.92 Å². The van der Waals surface area contributed by atoms with Gasteiger partial charge in [-0.25, -0.2) is 9.78 Å². The molecule has 1 aromatic heterocycles. The standard InChI is InChI=1S/C13H15N3OS/c1-10-9-18-13(15-10)16-12(17)14-8-7-11-5-3-2-4-6-11/h2-6,9H,7-8H2,1H3,(H2,14,15,16,17). The molecule has 0 unspecified atom stereocenters. The van der Waals surface area contributed by atoms with Crippen molar-refractivity contribution in [1.29, 1.82) is 0 Å². The molecule has 1 heterocycles. The Bertz CT molecular complexity index is 510. The van der Waals surface area contributed by atoms with E-state index in [-0.39, 0.29) is 6.03 Å². The van der Waals surface area contributed by atoms with Gasteiger partial charge in [0, 0.05) is 11.9 Å². The summed E-state index contributed by atoms with van der Waals surface area (Å²) >= 11 is 1.42. The number of thiazole rings is 1. The van der Waals surface area contributed by atoms with Gasteiger partial charge in [-0.05, 0) is 18.9 Å². The van der Waals surface area contributed by atoms with Gasteiger partial charge >= 0.3 is 6.03 Å². The second kappa shape index (κ2) is 6.16. The number of rotatable bonds is 4. The minimum Gasteiger partial charge on any atom is -0.337 e. The van der Waals surface area contributed by atoms with Crippen LogP contribution >= 0.6 is 11.3 Å². The van der Waals surface area contributed by atoms with E-state index in [0.717, 1.165) is 12.1 Å². The summed E-state index contributed by atoms with van der Waals surface area (Å²) in [5.41, 5.74) is 2.13. The second-order valence-corrected chi connectivity index (χ2v) is 4.77. The van der Waals surface area contributed by atoms with Crippen LogP contribution in [0.3, 0.4) is 0 Å². The highest BCUT2D eigenvalue weighted by Gasteiger charge is 2.03. The van der Waals surface area contributed by atoms with Crippen LogP contribution in [-0.4, -0.2) is 17.6 Å². The van der Waals surface area contributed by atoms with Gasteiger partial charge in [-0.1, -0.05) is 30.3 Å². The van der Waals surface area contributed by atoms with Crippen LogP contribution < -0.4 is 10.6 Å². The van der Waals surface area contributed by atoms with Crippen molar-refractivity contribution in [3.8, 4) is 0 Å². The minimum atomic E-state index is -0.208. The second-order valence-electron chi connectivity index (χ2n) is 3.91. The van der Waals surface area contributed by atoms with Gasteiger partial charge in [0.2, 0.25) is 0 Å². The van der Waals surface area contributed by atoms with Crippen LogP contribution in [0.1, 0.15) is 11.3 Å². The quantitative estimate of drug-likeness (QED) is 0.889. The number of nitrogens with zero attached hydrogens (tertiary/aromatic N) is 1. The van der Waals surface area contributed by atoms with Crippen molar-refractivity contribution in [2.24, 2.45) is 0 Å². The molecule has 1 aromatic carbocycles. The maximum absolute atomic E-state index is 11.6. The number of aryl methyl sites for hydroxylation is 1. The van der Waals surface area contributed by atoms with Crippen molar-refractivity contribution in [2.45, 2.75) is 13.3 Å². The molecular formula is C13H15N3OS. The molecule has 0 atom stereocenters. The molecule has 2 aromatic rings. The van der Waals surface area contributed by atoms with E-state index in [1.54, 1.807) is 0 Å². The predicted molar refractivity (Wildman–Crippen MR) is 74.0 cm³/mol. The molecule has 0 saturated heterocycles. The highest BCUT2D eigenvalue weighted by molar-refractivity contribution is 7.13. The molecule has 94 valence electrons. The van der Waals surface area contributed by atoms with Crippen molar-refractivity contribution < 1.29 is 4.79 Å². The number of anilines is 1. The van der Waals surface area contributed by atoms with Crippen LogP contribution in [0.25, 0.3) is 0 Å². The summed E-state index contributed by atoms with van der Waals surface area (Å²) in [5, 5.41) is 8.04. The number of hydrogen-bond donors (Lipinski definition) is 2. The fourth-order valence-electron chi connectivity index (χ4n) is 1.52. The van der Waals surface area contributed by atoms with E-state index in [4.69, 9.17) is 0 Å². The third-order valence-electron chi connectivity index (χ3n) is 2.38. The van der Waals surface area contributed by atoms with E-state index < -0.39 is 0 Å². The molecule has 0 spiro atoms. The molecule has 2 N–H and O–H groups in total. The minimum absolute atomic E-state index is 0.208. The van der Waals surface area contributed by atoms with Crippen molar-refractivity contribution in [3.63, 3.8) is 0 Å². The lowest BCUT2D eigenvalue weighted by atomic mass is 10.1. The van der Waals surface area contributed by atoms with Crippen molar-refractivity contribution in [2.75, 3.05) is 11.9 Å². The first kappa shape index (κ1) is 12.6. The zero-order valence-electron chi connectivity index (χ0n) is 10.1. The number of aromatic nitrogens is 1. The first-order chi connectivity index (χ1) is 8.74. The van der Waals surface area contributed by atoms with Gasteiger partial charge in [0.25, 0.3) is 0 Å². The summed E-state index contributed by atoms with van der Waals surface area (Å²) in [7, 11) is 0. The van der Waals surface area contributed by atoms with Crippen molar-refractivity contribution >= 4 is 22.5 Å². The van der Waals surface area contributed by atoms with E-state index in [2.05, 4.69) is 15.6 Å². The maximum atomic E-state index is 11.6. The van der Waals surface area contributed by atoms with E-state index in [1.165, 1.54) is 16.9 Å². The molecule has 0 aliphatic heterocycles. The molecule has 2 amide bonds. The Kier molecular flexibility index (Phi) is 4.30. The highest BCUT2D eigenvalue weighted by atomic mass is 32.1. The van der Waals surface area contributed by atoms with Gasteiger partial charge in [0.05, 0.1) is 5.69 Å². The summed E-state index contributed by atoms with van der Waals surface area (Å²) in [6.07, 6.45) is 0.825. The van der Waals surface area contributed by atoms with Crippen LogP contribution in [0.2, 0.25) is 0 Å². The van der Waals surface area contributed by atoms with Gasteiger partial charge < -0.3 is 5.32 Å². The molecule has 0 radical (unpaired) electrons. The Morgan fingerprint density at radius 1 is 1.33 bits per heavy atom. The monoisotopic (exact) mass is 261 g/mol. The van der Waals surface area contributed by atoms with Crippen LogP contribution in [0.5, 0.6) is 0 Å². The smallest absolute Gasteiger partial charge is 0.321 e. The molecular weight excluding hydrogens is 246 g/mol. The topological polar surface area (TPSA) is 54.0 Å². The van der Waals surface area contributed by atoms with Crippen LogP contribution in [0.4, 0.5) is 9.93 Å². The molecule has 4 nitrogen and oxygen atoms in total. The third-order valence-corrected chi connectivity index (χ3v) is 3.26. The fourth-order valence-corrected chi connectivity index (χ4v) is 2.20. The highest BCUT2D eigenvalue weighted by Crippen LogP contribution is 2.13. The Balaban J connectivity index is 1.72. The summed E-state index contributed by atoms with van der Waals surface area (Å²) in [4.78, 5) is 15.7. The number of nitrogens with one attached hydrogen (secondary N) is 2. The summed E-state index contributed by atoms with van der Waals surface area (Å²) in [6, 6.07) is 9.85. The van der Waals surface area contributed by atoms with Crippen LogP contribution in [0.15, 0.2) is 35.7 Å². The molecule has 18 heavy (non-hydrogen) atoms. The molecule has 0 aliphatic carbocycles. The zero-order valence-corrected chi connectivity index (χ0v) is 11.0. The fraction of sp³-hybridized carbons (Fsp3) is 0.231. The van der Waals surface area contributed by atoms with E-state index >= 15 is 0 Å². The van der Waals surface area contributed by atoms with E-state index in [0.29, 0.717) is 11.7 Å². The van der Waals surface area contributed by atoms with Gasteiger partial charge in [-0.3, -0.25) is 5.32 Å². The normalized spacial score (nSPS) is 10.1. The third kappa shape index (κ3) is 3.85. The molecule has 0 fully saturated rings. The first-order valence-corrected chi connectivity index (χ1v) is 6.63. The predicted octanol–water partition coefficient (Wildman–Crippen LogP) is 2.82. The van der Waals surface area contributed by atoms with E-state index in [1.807, 2.05) is 42.6 Å². The average molecular weight is 261 g/mol. The van der Waals surface area contributed by atoms with Gasteiger partial charge in [-0.15, -0.1) is 11.3 Å². The Hall–Kier alpha value is -1.88. The average Bonchev–Trinajstić information content (AvgIpc) is 2.76. The largest absolute Gasteiger partial charge is 0.337 e. The number of benzene rings is 1. The summed E-state index contributed by atoms with van der Waals surface area (Å²) in [6.45, 7) is 2.51. The summed E-state index contributed by atoms with van der Waals surface area (Å²) < 4.78 is 0. The van der Waals surface area contributed by atoms with Gasteiger partial charge in [0.15, 0.2) is 5.13 Å². The Morgan fingerprint density at radius 2 is 2.11 bits per heavy atom. The SMILES string of the molecule is Cc1csc(NC(=O)NCCc2ccccc2)n1. The zero-order chi connectivity index (χ0) is 12.8. The molecule has 0 aliphatic rings. The molecule has 0 bridgehead atoms. The van der Waals surface area contributed by atoms with Crippen molar-refractivity contribution in [3.05, 3.63) is 47.0 Å². The number of carbonyl (C=O) groups excluding carboxylic acids is 1.